The number of aliphatic hydroxyl groups excluding tert-OH is 3. The molecular formula is C36H69NO4. The number of carbonyl (C=O) groups is 1. The van der Waals surface area contributed by atoms with Crippen LogP contribution in [0.4, 0.5) is 0 Å². The van der Waals surface area contributed by atoms with Crippen molar-refractivity contribution in [3.05, 3.63) is 24.3 Å². The van der Waals surface area contributed by atoms with E-state index in [0.717, 1.165) is 44.9 Å². The van der Waals surface area contributed by atoms with Crippen molar-refractivity contribution in [1.29, 1.82) is 0 Å². The van der Waals surface area contributed by atoms with Gasteiger partial charge in [-0.2, -0.15) is 0 Å². The maximum atomic E-state index is 12.4. The van der Waals surface area contributed by atoms with Crippen molar-refractivity contribution in [2.75, 3.05) is 6.61 Å². The molecule has 0 fully saturated rings. The Kier molecular flexibility index (Phi) is 30.9. The lowest BCUT2D eigenvalue weighted by molar-refractivity contribution is -0.131. The maximum absolute atomic E-state index is 12.4. The first-order valence-corrected chi connectivity index (χ1v) is 17.6. The molecule has 4 N–H and O–H groups in total. The van der Waals surface area contributed by atoms with Gasteiger partial charge in [0, 0.05) is 0 Å². The Bertz CT molecular complexity index is 606. The van der Waals surface area contributed by atoms with Crippen LogP contribution in [0.5, 0.6) is 0 Å². The Balaban J connectivity index is 3.73. The highest BCUT2D eigenvalue weighted by molar-refractivity contribution is 5.80. The molecule has 0 aromatic carbocycles. The van der Waals surface area contributed by atoms with E-state index < -0.39 is 24.2 Å². The number of nitrogens with one attached hydrogen (secondary N) is 1. The molecule has 0 aliphatic heterocycles. The second-order valence-corrected chi connectivity index (χ2v) is 12.1. The normalized spacial score (nSPS) is 14.2. The molecule has 0 radical (unpaired) electrons. The third-order valence-electron chi connectivity index (χ3n) is 8.07. The third-order valence-corrected chi connectivity index (χ3v) is 8.07. The van der Waals surface area contributed by atoms with Crippen LogP contribution in [0.3, 0.4) is 0 Å². The predicted octanol–water partition coefficient (Wildman–Crippen LogP) is 9.09. The molecule has 242 valence electrons. The minimum Gasteiger partial charge on any atom is -0.394 e. The van der Waals surface area contributed by atoms with E-state index in [0.29, 0.717) is 12.8 Å². The molecule has 3 unspecified atom stereocenters. The summed E-state index contributed by atoms with van der Waals surface area (Å²) < 4.78 is 0. The second-order valence-electron chi connectivity index (χ2n) is 12.1. The van der Waals surface area contributed by atoms with Gasteiger partial charge in [0.05, 0.1) is 18.8 Å². The van der Waals surface area contributed by atoms with Gasteiger partial charge in [-0.15, -0.1) is 0 Å². The third kappa shape index (κ3) is 27.4. The van der Waals surface area contributed by atoms with E-state index in [1.54, 1.807) is 0 Å². The number of hydrogen-bond acceptors (Lipinski definition) is 4. The summed E-state index contributed by atoms with van der Waals surface area (Å²) in [4.78, 5) is 12.4. The first kappa shape index (κ1) is 39.8. The van der Waals surface area contributed by atoms with Crippen molar-refractivity contribution in [1.82, 2.24) is 5.32 Å². The molecule has 0 bridgehead atoms. The molecule has 0 heterocycles. The quantitative estimate of drug-likeness (QED) is 0.0487. The van der Waals surface area contributed by atoms with Gasteiger partial charge < -0.3 is 20.6 Å². The molecule has 0 aromatic rings. The Morgan fingerprint density at radius 3 is 1.51 bits per heavy atom. The lowest BCUT2D eigenvalue weighted by Crippen LogP contribution is -2.49. The molecule has 5 nitrogen and oxygen atoms in total. The second kappa shape index (κ2) is 31.8. The van der Waals surface area contributed by atoms with Crippen LogP contribution in [0.1, 0.15) is 174 Å². The van der Waals surface area contributed by atoms with E-state index in [4.69, 9.17) is 0 Å². The number of unbranched alkanes of at least 4 members (excludes halogenated alkanes) is 19. The molecule has 41 heavy (non-hydrogen) atoms. The first-order valence-electron chi connectivity index (χ1n) is 17.6. The zero-order valence-corrected chi connectivity index (χ0v) is 27.2. The van der Waals surface area contributed by atoms with Crippen LogP contribution >= 0.6 is 0 Å². The smallest absolute Gasteiger partial charge is 0.249 e. The van der Waals surface area contributed by atoms with Gasteiger partial charge in [0.25, 0.3) is 0 Å². The van der Waals surface area contributed by atoms with E-state index in [-0.39, 0.29) is 6.61 Å². The van der Waals surface area contributed by atoms with Gasteiger partial charge in [0.15, 0.2) is 0 Å². The van der Waals surface area contributed by atoms with Gasteiger partial charge in [0.1, 0.15) is 6.10 Å². The SMILES string of the molecule is CCCCC/C=C\C/C=C\CCCCCCCCC(O)C(=O)NC(CO)C(O)CCCCCCCCCCCCC. The van der Waals surface area contributed by atoms with Crippen LogP contribution in [0.2, 0.25) is 0 Å². The average molecular weight is 580 g/mol. The maximum Gasteiger partial charge on any atom is 0.249 e. The van der Waals surface area contributed by atoms with Gasteiger partial charge >= 0.3 is 0 Å². The van der Waals surface area contributed by atoms with Crippen molar-refractivity contribution in [2.45, 2.75) is 193 Å². The number of aliphatic hydroxyl groups is 3. The highest BCUT2D eigenvalue weighted by atomic mass is 16.3. The highest BCUT2D eigenvalue weighted by Crippen LogP contribution is 2.14. The predicted molar refractivity (Wildman–Crippen MR) is 176 cm³/mol. The molecule has 1 amide bonds. The summed E-state index contributed by atoms with van der Waals surface area (Å²) in [5.74, 6) is -0.482. The fourth-order valence-corrected chi connectivity index (χ4v) is 5.22. The lowest BCUT2D eigenvalue weighted by atomic mass is 10.0. The highest BCUT2D eigenvalue weighted by Gasteiger charge is 2.23. The number of amides is 1. The summed E-state index contributed by atoms with van der Waals surface area (Å²) in [5.41, 5.74) is 0. The fraction of sp³-hybridized carbons (Fsp3) is 0.861. The Morgan fingerprint density at radius 2 is 1.00 bits per heavy atom. The number of carbonyl (C=O) groups excluding carboxylic acids is 1. The minimum atomic E-state index is -1.08. The Labute approximate surface area is 254 Å². The summed E-state index contributed by atoms with van der Waals surface area (Å²) in [6.45, 7) is 4.17. The van der Waals surface area contributed by atoms with Gasteiger partial charge in [-0.05, 0) is 44.9 Å². The zero-order chi connectivity index (χ0) is 30.2. The van der Waals surface area contributed by atoms with Crippen LogP contribution in [0, 0.1) is 0 Å². The van der Waals surface area contributed by atoms with Gasteiger partial charge in [0.2, 0.25) is 5.91 Å². The van der Waals surface area contributed by atoms with E-state index in [9.17, 15) is 20.1 Å². The largest absolute Gasteiger partial charge is 0.394 e. The van der Waals surface area contributed by atoms with E-state index in [1.807, 2.05) is 0 Å². The zero-order valence-electron chi connectivity index (χ0n) is 27.2. The summed E-state index contributed by atoms with van der Waals surface area (Å²) >= 11 is 0. The number of allylic oxidation sites excluding steroid dienone is 4. The molecule has 0 aromatic heterocycles. The molecule has 3 atom stereocenters. The molecule has 0 saturated heterocycles. The molecule has 5 heteroatoms. The standard InChI is InChI=1S/C36H69NO4/c1-3-5-7-9-11-13-15-16-17-18-19-21-23-25-27-29-31-35(40)36(41)37-33(32-38)34(39)30-28-26-24-22-20-14-12-10-8-6-4-2/h11,13,16-17,33-35,38-40H,3-10,12,14-15,18-32H2,1-2H3,(H,37,41)/b13-11-,17-16-. The molecule has 0 aliphatic carbocycles. The molecule has 0 rings (SSSR count). The summed E-state index contributed by atoms with van der Waals surface area (Å²) in [6, 6.07) is -0.712. The van der Waals surface area contributed by atoms with Gasteiger partial charge in [-0.25, -0.2) is 0 Å². The average Bonchev–Trinajstić information content (AvgIpc) is 2.98. The van der Waals surface area contributed by atoms with Crippen molar-refractivity contribution >= 4 is 5.91 Å². The van der Waals surface area contributed by atoms with Crippen LogP contribution < -0.4 is 5.32 Å². The number of hydrogen-bond donors (Lipinski definition) is 4. The summed E-state index contributed by atoms with van der Waals surface area (Å²) in [6.07, 6.45) is 35.8. The van der Waals surface area contributed by atoms with Crippen LogP contribution in [0.15, 0.2) is 24.3 Å². The van der Waals surface area contributed by atoms with Gasteiger partial charge in [-0.1, -0.05) is 154 Å². The topological polar surface area (TPSA) is 89.8 Å². The van der Waals surface area contributed by atoms with Gasteiger partial charge in [-0.3, -0.25) is 4.79 Å². The molecule has 0 saturated carbocycles. The van der Waals surface area contributed by atoms with E-state index >= 15 is 0 Å². The molecule has 0 spiro atoms. The van der Waals surface area contributed by atoms with Crippen molar-refractivity contribution < 1.29 is 20.1 Å². The van der Waals surface area contributed by atoms with Crippen LogP contribution in [-0.2, 0) is 4.79 Å². The van der Waals surface area contributed by atoms with Crippen molar-refractivity contribution in [2.24, 2.45) is 0 Å². The van der Waals surface area contributed by atoms with Crippen LogP contribution in [-0.4, -0.2) is 46.1 Å². The van der Waals surface area contributed by atoms with Crippen LogP contribution in [0.25, 0.3) is 0 Å². The van der Waals surface area contributed by atoms with E-state index in [2.05, 4.69) is 43.5 Å². The summed E-state index contributed by atoms with van der Waals surface area (Å²) in [5, 5.41) is 33.0. The molecule has 0 aliphatic rings. The number of rotatable bonds is 31. The monoisotopic (exact) mass is 580 g/mol. The van der Waals surface area contributed by atoms with Crippen molar-refractivity contribution in [3.8, 4) is 0 Å². The Morgan fingerprint density at radius 1 is 0.585 bits per heavy atom. The fourth-order valence-electron chi connectivity index (χ4n) is 5.22. The van der Waals surface area contributed by atoms with E-state index in [1.165, 1.54) is 103 Å². The lowest BCUT2D eigenvalue weighted by Gasteiger charge is -2.23. The Hall–Kier alpha value is -1.17. The first-order chi connectivity index (χ1) is 20.1. The summed E-state index contributed by atoms with van der Waals surface area (Å²) in [7, 11) is 0. The molecular weight excluding hydrogens is 510 g/mol. The minimum absolute atomic E-state index is 0.317. The van der Waals surface area contributed by atoms with Crippen molar-refractivity contribution in [3.63, 3.8) is 0 Å².